The predicted octanol–water partition coefficient (Wildman–Crippen LogP) is 4.39. The Hall–Kier alpha value is -3.84. The molecule has 1 saturated heterocycles. The zero-order valence-corrected chi connectivity index (χ0v) is 21.2. The van der Waals surface area contributed by atoms with Gasteiger partial charge in [0.25, 0.3) is 0 Å². The van der Waals surface area contributed by atoms with Crippen molar-refractivity contribution in [2.75, 3.05) is 36.0 Å². The molecule has 2 fully saturated rings. The van der Waals surface area contributed by atoms with E-state index in [-0.39, 0.29) is 31.4 Å². The Morgan fingerprint density at radius 3 is 2.16 bits per heavy atom. The number of hydrogen-bond donors (Lipinski definition) is 1. The molecule has 7 rings (SSSR count). The molecule has 0 spiro atoms. The largest absolute Gasteiger partial charge is 0.448 e. The van der Waals surface area contributed by atoms with E-state index in [4.69, 9.17) is 4.74 Å². The molecular weight excluding hydrogens is 478 g/mol. The number of aliphatic hydroxyl groups is 1. The van der Waals surface area contributed by atoms with Crippen molar-refractivity contribution in [3.05, 3.63) is 83.9 Å². The average Bonchev–Trinajstić information content (AvgIpc) is 3.65. The van der Waals surface area contributed by atoms with Gasteiger partial charge in [-0.05, 0) is 47.2 Å². The van der Waals surface area contributed by atoms with Crippen molar-refractivity contribution >= 4 is 23.4 Å². The highest BCUT2D eigenvalue weighted by Crippen LogP contribution is 2.45. The first kappa shape index (κ1) is 23.3. The first-order valence-electron chi connectivity index (χ1n) is 13.6. The molecule has 1 N–H and O–H groups in total. The van der Waals surface area contributed by atoms with Gasteiger partial charge in [-0.1, -0.05) is 60.7 Å². The lowest BCUT2D eigenvalue weighted by molar-refractivity contribution is -0.122. The Bertz CT molecular complexity index is 1360. The topological polar surface area (TPSA) is 73.3 Å². The summed E-state index contributed by atoms with van der Waals surface area (Å²) in [6.07, 6.45) is 1.28. The number of likely N-dealkylation sites (tertiary alicyclic amines) is 1. The number of fused-ring (bicyclic) bond motifs is 4. The third-order valence-corrected chi connectivity index (χ3v) is 8.43. The third kappa shape index (κ3) is 3.84. The predicted molar refractivity (Wildman–Crippen MR) is 145 cm³/mol. The van der Waals surface area contributed by atoms with E-state index in [0.29, 0.717) is 12.6 Å². The lowest BCUT2D eigenvalue weighted by Crippen LogP contribution is -2.52. The van der Waals surface area contributed by atoms with Gasteiger partial charge in [0.2, 0.25) is 5.91 Å². The van der Waals surface area contributed by atoms with E-state index in [1.165, 1.54) is 17.7 Å². The maximum Gasteiger partial charge on any atom is 0.410 e. The van der Waals surface area contributed by atoms with Crippen LogP contribution in [0.2, 0.25) is 0 Å². The highest BCUT2D eigenvalue weighted by Gasteiger charge is 2.44. The highest BCUT2D eigenvalue weighted by molar-refractivity contribution is 6.02. The number of nitrogens with zero attached hydrogens (tertiary/aromatic N) is 3. The van der Waals surface area contributed by atoms with Crippen LogP contribution in [0.15, 0.2) is 72.8 Å². The summed E-state index contributed by atoms with van der Waals surface area (Å²) < 4.78 is 5.86. The molecule has 3 aromatic carbocycles. The van der Waals surface area contributed by atoms with Crippen molar-refractivity contribution in [1.82, 2.24) is 4.90 Å². The van der Waals surface area contributed by atoms with Crippen molar-refractivity contribution in [3.63, 3.8) is 0 Å². The minimum absolute atomic E-state index is 0.0598. The zero-order chi connectivity index (χ0) is 25.8. The first-order valence-corrected chi connectivity index (χ1v) is 13.6. The lowest BCUT2D eigenvalue weighted by atomic mass is 9.98. The Labute approximate surface area is 222 Å². The maximum atomic E-state index is 13.9. The van der Waals surface area contributed by atoms with E-state index in [1.807, 2.05) is 42.5 Å². The van der Waals surface area contributed by atoms with Crippen LogP contribution >= 0.6 is 0 Å². The fraction of sp³-hybridized carbons (Fsp3) is 0.355. The van der Waals surface area contributed by atoms with Crippen molar-refractivity contribution in [3.8, 4) is 11.1 Å². The number of ether oxygens (including phenoxy) is 1. The molecule has 7 nitrogen and oxygen atoms in total. The number of carbonyl (C=O) groups excluding carboxylic acids is 2. The van der Waals surface area contributed by atoms with E-state index >= 15 is 0 Å². The molecule has 2 atom stereocenters. The van der Waals surface area contributed by atoms with Crippen molar-refractivity contribution < 1.29 is 19.4 Å². The maximum absolute atomic E-state index is 13.9. The van der Waals surface area contributed by atoms with Gasteiger partial charge >= 0.3 is 6.09 Å². The summed E-state index contributed by atoms with van der Waals surface area (Å²) in [5.74, 6) is -0.214. The van der Waals surface area contributed by atoms with E-state index in [9.17, 15) is 14.7 Å². The van der Waals surface area contributed by atoms with Crippen LogP contribution in [-0.2, 0) is 9.53 Å². The number of β-amino-alcohol motifs (C(OH)–C–C–N with tert-alkyl or cyclic N) is 1. The number of benzene rings is 3. The second-order valence-electron chi connectivity index (χ2n) is 10.8. The van der Waals surface area contributed by atoms with Crippen LogP contribution < -0.4 is 9.80 Å². The van der Waals surface area contributed by atoms with Gasteiger partial charge in [0.05, 0.1) is 24.0 Å². The van der Waals surface area contributed by atoms with Gasteiger partial charge in [0.15, 0.2) is 0 Å². The standard InChI is InChI=1S/C31H31N3O4/c35-21-17-29(30(36)33-16-15-32(20-13-14-20)27-11-5-6-12-28(27)33)34(18-21)31(37)38-19-26-24-9-3-1-7-22(24)23-8-2-4-10-25(23)26/h1-12,20-21,26,29,35H,13-19H2. The number of aliphatic hydroxyl groups excluding tert-OH is 1. The molecule has 1 saturated carbocycles. The van der Waals surface area contributed by atoms with Gasteiger partial charge in [-0.2, -0.15) is 0 Å². The second kappa shape index (κ2) is 9.17. The molecule has 4 aliphatic rings. The normalized spacial score (nSPS) is 22.2. The van der Waals surface area contributed by atoms with E-state index < -0.39 is 18.2 Å². The zero-order valence-electron chi connectivity index (χ0n) is 21.2. The van der Waals surface area contributed by atoms with Gasteiger partial charge in [0.1, 0.15) is 12.6 Å². The molecule has 38 heavy (non-hydrogen) atoms. The highest BCUT2D eigenvalue weighted by atomic mass is 16.6. The summed E-state index contributed by atoms with van der Waals surface area (Å²) in [4.78, 5) is 32.8. The number of rotatable bonds is 4. The van der Waals surface area contributed by atoms with Gasteiger partial charge in [-0.15, -0.1) is 0 Å². The number of hydrogen-bond acceptors (Lipinski definition) is 5. The molecule has 2 unspecified atom stereocenters. The van der Waals surface area contributed by atoms with Gasteiger partial charge in [0, 0.05) is 31.5 Å². The van der Waals surface area contributed by atoms with Gasteiger partial charge in [-0.25, -0.2) is 4.79 Å². The van der Waals surface area contributed by atoms with Crippen molar-refractivity contribution in [2.24, 2.45) is 0 Å². The van der Waals surface area contributed by atoms with Crippen molar-refractivity contribution in [2.45, 2.75) is 43.4 Å². The first-order chi connectivity index (χ1) is 18.6. The van der Waals surface area contributed by atoms with E-state index in [0.717, 1.165) is 40.2 Å². The van der Waals surface area contributed by atoms with Crippen LogP contribution in [0.5, 0.6) is 0 Å². The second-order valence-corrected chi connectivity index (χ2v) is 10.8. The van der Waals surface area contributed by atoms with Gasteiger partial charge < -0.3 is 19.6 Å². The fourth-order valence-corrected chi connectivity index (χ4v) is 6.48. The Morgan fingerprint density at radius 2 is 1.47 bits per heavy atom. The SMILES string of the molecule is O=C(C1CC(O)CN1C(=O)OCC1c2ccccc2-c2ccccc21)N1CCN(C2CC2)c2ccccc21. The number of para-hydroxylation sites is 2. The molecule has 3 aromatic rings. The van der Waals surface area contributed by atoms with Crippen LogP contribution in [0.3, 0.4) is 0 Å². The molecule has 0 bridgehead atoms. The van der Waals surface area contributed by atoms with Crippen molar-refractivity contribution in [1.29, 1.82) is 0 Å². The number of carbonyl (C=O) groups is 2. The molecule has 2 aliphatic carbocycles. The van der Waals surface area contributed by atoms with Crippen LogP contribution in [0, 0.1) is 0 Å². The number of anilines is 2. The quantitative estimate of drug-likeness (QED) is 0.565. The van der Waals surface area contributed by atoms with Gasteiger partial charge in [-0.3, -0.25) is 9.69 Å². The molecule has 7 heteroatoms. The summed E-state index contributed by atoms with van der Waals surface area (Å²) in [5.41, 5.74) is 6.56. The molecule has 0 aromatic heterocycles. The summed E-state index contributed by atoms with van der Waals surface area (Å²) in [5, 5.41) is 10.5. The molecule has 0 radical (unpaired) electrons. The number of amides is 2. The minimum Gasteiger partial charge on any atom is -0.448 e. The third-order valence-electron chi connectivity index (χ3n) is 8.43. The molecule has 2 aliphatic heterocycles. The van der Waals surface area contributed by atoms with Crippen LogP contribution in [0.25, 0.3) is 11.1 Å². The smallest absolute Gasteiger partial charge is 0.410 e. The van der Waals surface area contributed by atoms with E-state index in [2.05, 4.69) is 35.2 Å². The Balaban J connectivity index is 1.10. The molecule has 2 heterocycles. The average molecular weight is 510 g/mol. The fourth-order valence-electron chi connectivity index (χ4n) is 6.48. The Morgan fingerprint density at radius 1 is 0.842 bits per heavy atom. The molecular formula is C31H31N3O4. The van der Waals surface area contributed by atoms with Crippen LogP contribution in [0.1, 0.15) is 36.3 Å². The summed E-state index contributed by atoms with van der Waals surface area (Å²) in [6.45, 7) is 1.62. The Kier molecular flexibility index (Phi) is 5.62. The van der Waals surface area contributed by atoms with Crippen LogP contribution in [-0.4, -0.2) is 66.4 Å². The summed E-state index contributed by atoms with van der Waals surface area (Å²) in [7, 11) is 0. The molecule has 194 valence electrons. The summed E-state index contributed by atoms with van der Waals surface area (Å²) in [6, 6.07) is 24.2. The summed E-state index contributed by atoms with van der Waals surface area (Å²) >= 11 is 0. The minimum atomic E-state index is -0.757. The van der Waals surface area contributed by atoms with Crippen LogP contribution in [0.4, 0.5) is 16.2 Å². The monoisotopic (exact) mass is 509 g/mol. The van der Waals surface area contributed by atoms with E-state index in [1.54, 1.807) is 4.90 Å². The molecule has 2 amide bonds. The lowest BCUT2D eigenvalue weighted by Gasteiger charge is -2.39.